The van der Waals surface area contributed by atoms with E-state index in [4.69, 9.17) is 0 Å². The Morgan fingerprint density at radius 3 is 1.21 bits per heavy atom. The van der Waals surface area contributed by atoms with Gasteiger partial charge in [-0.3, -0.25) is 0 Å². The molecule has 0 aliphatic carbocycles. The lowest BCUT2D eigenvalue weighted by Crippen LogP contribution is -2.01. The van der Waals surface area contributed by atoms with E-state index < -0.39 is 9.84 Å². The fourth-order valence-corrected chi connectivity index (χ4v) is 5.07. The van der Waals surface area contributed by atoms with E-state index in [-0.39, 0.29) is 0 Å². The molecule has 0 atom stereocenters. The predicted molar refractivity (Wildman–Crippen MR) is 117 cm³/mol. The fraction of sp³-hybridized carbons (Fsp3) is 0.167. The number of rotatable bonds is 4. The number of nitrogens with one attached hydrogen (secondary N) is 2. The third-order valence-corrected chi connectivity index (χ3v) is 7.04. The minimum absolute atomic E-state index is 0.299. The van der Waals surface area contributed by atoms with Crippen molar-refractivity contribution in [2.75, 3.05) is 0 Å². The van der Waals surface area contributed by atoms with Gasteiger partial charge < -0.3 is 9.97 Å². The third kappa shape index (κ3) is 3.54. The number of aryl methyl sites for hydroxylation is 4. The molecule has 0 fully saturated rings. The number of aromatic nitrogens is 2. The zero-order valence-electron chi connectivity index (χ0n) is 17.0. The summed E-state index contributed by atoms with van der Waals surface area (Å²) in [6, 6.07) is 18.3. The van der Waals surface area contributed by atoms with Crippen molar-refractivity contribution in [3.63, 3.8) is 0 Å². The van der Waals surface area contributed by atoms with Gasteiger partial charge in [-0.2, -0.15) is 0 Å². The summed E-state index contributed by atoms with van der Waals surface area (Å²) >= 11 is 0. The zero-order chi connectivity index (χ0) is 20.8. The molecule has 0 saturated carbocycles. The van der Waals surface area contributed by atoms with E-state index in [1.54, 1.807) is 24.3 Å². The van der Waals surface area contributed by atoms with Crippen molar-refractivity contribution >= 4 is 9.84 Å². The third-order valence-electron chi connectivity index (χ3n) is 5.25. The lowest BCUT2D eigenvalue weighted by molar-refractivity contribution is 0.596. The Kier molecular flexibility index (Phi) is 4.71. The van der Waals surface area contributed by atoms with Crippen LogP contribution in [-0.4, -0.2) is 18.4 Å². The van der Waals surface area contributed by atoms with Crippen molar-refractivity contribution in [1.29, 1.82) is 0 Å². The van der Waals surface area contributed by atoms with Crippen LogP contribution in [0.15, 0.2) is 70.5 Å². The first-order chi connectivity index (χ1) is 13.8. The summed E-state index contributed by atoms with van der Waals surface area (Å²) in [5.74, 6) is 0. The van der Waals surface area contributed by atoms with E-state index in [0.29, 0.717) is 9.79 Å². The van der Waals surface area contributed by atoms with Crippen LogP contribution in [0.3, 0.4) is 0 Å². The normalized spacial score (nSPS) is 11.7. The van der Waals surface area contributed by atoms with Crippen LogP contribution in [0.25, 0.3) is 22.3 Å². The first-order valence-electron chi connectivity index (χ1n) is 9.54. The summed E-state index contributed by atoms with van der Waals surface area (Å²) in [6.07, 6.45) is 0. The van der Waals surface area contributed by atoms with Crippen LogP contribution in [0.4, 0.5) is 0 Å². The maximum atomic E-state index is 13.1. The van der Waals surface area contributed by atoms with Gasteiger partial charge >= 0.3 is 0 Å². The van der Waals surface area contributed by atoms with Crippen LogP contribution in [0.2, 0.25) is 0 Å². The highest BCUT2D eigenvalue weighted by atomic mass is 32.2. The average Bonchev–Trinajstić information content (AvgIpc) is 3.22. The molecule has 5 heteroatoms. The minimum atomic E-state index is -3.56. The molecule has 2 N–H and O–H groups in total. The first kappa shape index (κ1) is 19.3. The van der Waals surface area contributed by atoms with Gasteiger partial charge in [0.1, 0.15) is 0 Å². The molecule has 148 valence electrons. The molecule has 2 aromatic heterocycles. The maximum Gasteiger partial charge on any atom is 0.206 e. The van der Waals surface area contributed by atoms with E-state index in [9.17, 15) is 8.42 Å². The Bertz CT molecular complexity index is 1180. The van der Waals surface area contributed by atoms with Gasteiger partial charge in [0, 0.05) is 33.9 Å². The largest absolute Gasteiger partial charge is 0.362 e. The summed E-state index contributed by atoms with van der Waals surface area (Å²) in [4.78, 5) is 7.16. The van der Waals surface area contributed by atoms with Crippen LogP contribution in [0, 0.1) is 27.7 Å². The number of aromatic amines is 2. The molecule has 0 spiro atoms. The highest BCUT2D eigenvalue weighted by molar-refractivity contribution is 7.91. The highest BCUT2D eigenvalue weighted by Gasteiger charge is 2.18. The summed E-state index contributed by atoms with van der Waals surface area (Å²) in [5.41, 5.74) is 8.50. The molecule has 4 rings (SSSR count). The molecule has 4 aromatic rings. The van der Waals surface area contributed by atoms with Gasteiger partial charge in [-0.1, -0.05) is 24.3 Å². The van der Waals surface area contributed by atoms with Crippen molar-refractivity contribution in [3.05, 3.63) is 83.4 Å². The van der Waals surface area contributed by atoms with Crippen molar-refractivity contribution in [2.24, 2.45) is 0 Å². The summed E-state index contributed by atoms with van der Waals surface area (Å²) < 4.78 is 26.1. The topological polar surface area (TPSA) is 65.7 Å². The summed E-state index contributed by atoms with van der Waals surface area (Å²) in [6.45, 7) is 8.05. The highest BCUT2D eigenvalue weighted by Crippen LogP contribution is 2.30. The molecule has 2 heterocycles. The first-order valence-corrected chi connectivity index (χ1v) is 11.0. The van der Waals surface area contributed by atoms with Crippen molar-refractivity contribution in [2.45, 2.75) is 37.5 Å². The molecule has 0 saturated heterocycles. The maximum absolute atomic E-state index is 13.1. The van der Waals surface area contributed by atoms with E-state index >= 15 is 0 Å². The van der Waals surface area contributed by atoms with E-state index in [0.717, 1.165) is 45.0 Å². The second kappa shape index (κ2) is 7.08. The fourth-order valence-electron chi connectivity index (χ4n) is 3.81. The van der Waals surface area contributed by atoms with E-state index in [1.807, 2.05) is 52.0 Å². The molecule has 0 aliphatic heterocycles. The molecule has 0 amide bonds. The Morgan fingerprint density at radius 1 is 0.586 bits per heavy atom. The van der Waals surface area contributed by atoms with E-state index in [1.165, 1.54) is 0 Å². The van der Waals surface area contributed by atoms with Crippen LogP contribution in [-0.2, 0) is 9.84 Å². The van der Waals surface area contributed by atoms with Gasteiger partial charge in [0.05, 0.1) is 9.79 Å². The Morgan fingerprint density at radius 2 is 0.931 bits per heavy atom. The van der Waals surface area contributed by atoms with Crippen molar-refractivity contribution in [3.8, 4) is 22.3 Å². The second-order valence-corrected chi connectivity index (χ2v) is 9.48. The number of benzene rings is 2. The van der Waals surface area contributed by atoms with Gasteiger partial charge in [-0.25, -0.2) is 8.42 Å². The van der Waals surface area contributed by atoms with Gasteiger partial charge in [-0.05, 0) is 75.2 Å². The molecule has 0 bridgehead atoms. The van der Waals surface area contributed by atoms with Gasteiger partial charge in [0.25, 0.3) is 0 Å². The van der Waals surface area contributed by atoms with E-state index in [2.05, 4.69) is 22.1 Å². The zero-order valence-corrected chi connectivity index (χ0v) is 17.8. The Labute approximate surface area is 171 Å². The van der Waals surface area contributed by atoms with Crippen LogP contribution < -0.4 is 0 Å². The molecule has 4 nitrogen and oxygen atoms in total. The molecule has 0 aliphatic rings. The minimum Gasteiger partial charge on any atom is -0.362 e. The monoisotopic (exact) mass is 404 g/mol. The summed E-state index contributed by atoms with van der Waals surface area (Å²) in [5, 5.41) is 0. The number of hydrogen-bond donors (Lipinski definition) is 2. The average molecular weight is 405 g/mol. The predicted octanol–water partition coefficient (Wildman–Crippen LogP) is 5.74. The SMILES string of the molecule is Cc1cc(-c2ccc(S(=O)(=O)c3ccc(-c4cc(C)[nH]c4C)cc3)cc2)c(C)[nH]1. The van der Waals surface area contributed by atoms with Crippen LogP contribution >= 0.6 is 0 Å². The lowest BCUT2D eigenvalue weighted by atomic mass is 10.1. The van der Waals surface area contributed by atoms with Crippen LogP contribution in [0.5, 0.6) is 0 Å². The molecular formula is C24H24N2O2S. The molecule has 2 aromatic carbocycles. The van der Waals surface area contributed by atoms with Crippen molar-refractivity contribution in [1.82, 2.24) is 9.97 Å². The molecular weight excluding hydrogens is 380 g/mol. The van der Waals surface area contributed by atoms with Crippen LogP contribution in [0.1, 0.15) is 22.8 Å². The molecule has 0 unspecified atom stereocenters. The van der Waals surface area contributed by atoms with Gasteiger partial charge in [0.2, 0.25) is 9.84 Å². The Hall–Kier alpha value is -3.05. The standard InChI is InChI=1S/C24H24N2O2S/c1-15-13-23(17(3)25-15)19-5-9-21(10-6-19)29(27,28)22-11-7-20(8-12-22)24-14-16(2)26-18(24)4/h5-14,25-26H,1-4H3. The molecule has 0 radical (unpaired) electrons. The van der Waals surface area contributed by atoms with Crippen molar-refractivity contribution < 1.29 is 8.42 Å². The number of sulfone groups is 1. The smallest absolute Gasteiger partial charge is 0.206 e. The number of H-pyrrole nitrogens is 2. The second-order valence-electron chi connectivity index (χ2n) is 7.53. The van der Waals surface area contributed by atoms with Gasteiger partial charge in [-0.15, -0.1) is 0 Å². The molecule has 29 heavy (non-hydrogen) atoms. The summed E-state index contributed by atoms with van der Waals surface area (Å²) in [7, 11) is -3.56. The number of hydrogen-bond acceptors (Lipinski definition) is 2. The lowest BCUT2D eigenvalue weighted by Gasteiger charge is -2.08. The Balaban J connectivity index is 1.64. The van der Waals surface area contributed by atoms with Gasteiger partial charge in [0.15, 0.2) is 0 Å². The quantitative estimate of drug-likeness (QED) is 0.455.